The molecule has 27 heavy (non-hydrogen) atoms. The Balaban J connectivity index is 1.72. The number of carbonyl (C=O) groups is 3. The van der Waals surface area contributed by atoms with Gasteiger partial charge in [0, 0.05) is 22.0 Å². The highest BCUT2D eigenvalue weighted by molar-refractivity contribution is 6.30. The summed E-state index contributed by atoms with van der Waals surface area (Å²) in [4.78, 5) is 35.6. The summed E-state index contributed by atoms with van der Waals surface area (Å²) in [5.74, 6) is -1.23. The van der Waals surface area contributed by atoms with Crippen LogP contribution in [0, 0.1) is 0 Å². The zero-order chi connectivity index (χ0) is 19.8. The van der Waals surface area contributed by atoms with Crippen molar-refractivity contribution in [3.8, 4) is 0 Å². The highest BCUT2D eigenvalue weighted by Crippen LogP contribution is 2.17. The van der Waals surface area contributed by atoms with Crippen LogP contribution < -0.4 is 5.32 Å². The van der Waals surface area contributed by atoms with E-state index in [9.17, 15) is 14.4 Å². The minimum Gasteiger partial charge on any atom is -0.456 e. The van der Waals surface area contributed by atoms with E-state index in [4.69, 9.17) is 27.9 Å². The lowest BCUT2D eigenvalue weighted by Crippen LogP contribution is -2.31. The molecular weight excluding hydrogens is 389 g/mol. The third-order valence-electron chi connectivity index (χ3n) is 3.81. The standard InChI is InChI=1S/C20H19Cl2NO4/c1-13(15-3-2-4-17(22)11-15)23-19(25)12-27-20(26)10-9-18(24)14-5-7-16(21)8-6-14/h2-8,11,13H,9-10,12H2,1H3,(H,23,25)/t13-/m0/s1. The number of Topliss-reactive ketones (excluding diaryl/α,β-unsaturated/α-hetero) is 1. The highest BCUT2D eigenvalue weighted by atomic mass is 35.5. The molecule has 1 amide bonds. The second-order valence-electron chi connectivity index (χ2n) is 5.93. The third kappa shape index (κ3) is 7.04. The molecule has 0 saturated heterocycles. The summed E-state index contributed by atoms with van der Waals surface area (Å²) in [5.41, 5.74) is 1.32. The Hall–Kier alpha value is -2.37. The van der Waals surface area contributed by atoms with Gasteiger partial charge in [0.1, 0.15) is 0 Å². The number of hydrogen-bond donors (Lipinski definition) is 1. The van der Waals surface area contributed by atoms with Crippen LogP contribution in [0.4, 0.5) is 0 Å². The van der Waals surface area contributed by atoms with Crippen molar-refractivity contribution in [1.29, 1.82) is 0 Å². The molecule has 0 unspecified atom stereocenters. The van der Waals surface area contributed by atoms with Gasteiger partial charge in [0.25, 0.3) is 5.91 Å². The smallest absolute Gasteiger partial charge is 0.306 e. The Morgan fingerprint density at radius 3 is 2.37 bits per heavy atom. The van der Waals surface area contributed by atoms with Crippen LogP contribution in [0.5, 0.6) is 0 Å². The molecule has 0 bridgehead atoms. The van der Waals surface area contributed by atoms with Gasteiger partial charge in [-0.3, -0.25) is 14.4 Å². The first-order valence-electron chi connectivity index (χ1n) is 8.34. The Bertz CT molecular complexity index is 821. The predicted molar refractivity (Wildman–Crippen MR) is 104 cm³/mol. The van der Waals surface area contributed by atoms with E-state index in [1.165, 1.54) is 0 Å². The number of hydrogen-bond acceptors (Lipinski definition) is 4. The first-order valence-corrected chi connectivity index (χ1v) is 9.10. The molecule has 0 spiro atoms. The molecular formula is C20H19Cl2NO4. The molecule has 0 fully saturated rings. The molecule has 1 atom stereocenters. The van der Waals surface area contributed by atoms with Crippen LogP contribution >= 0.6 is 23.2 Å². The molecule has 0 saturated carbocycles. The zero-order valence-electron chi connectivity index (χ0n) is 14.7. The van der Waals surface area contributed by atoms with E-state index in [0.717, 1.165) is 5.56 Å². The van der Waals surface area contributed by atoms with E-state index in [2.05, 4.69) is 5.32 Å². The molecule has 5 nitrogen and oxygen atoms in total. The van der Waals surface area contributed by atoms with Gasteiger partial charge in [0.2, 0.25) is 0 Å². The molecule has 2 aromatic carbocycles. The van der Waals surface area contributed by atoms with Crippen molar-refractivity contribution < 1.29 is 19.1 Å². The van der Waals surface area contributed by atoms with Gasteiger partial charge >= 0.3 is 5.97 Å². The lowest BCUT2D eigenvalue weighted by molar-refractivity contribution is -0.148. The molecule has 2 rings (SSSR count). The fraction of sp³-hybridized carbons (Fsp3) is 0.250. The maximum absolute atomic E-state index is 12.0. The number of esters is 1. The van der Waals surface area contributed by atoms with Gasteiger partial charge in [-0.2, -0.15) is 0 Å². The van der Waals surface area contributed by atoms with Crippen LogP contribution in [-0.4, -0.2) is 24.3 Å². The summed E-state index contributed by atoms with van der Waals surface area (Å²) in [6.07, 6.45) is -0.0976. The number of amides is 1. The Morgan fingerprint density at radius 2 is 1.70 bits per heavy atom. The number of ether oxygens (including phenoxy) is 1. The molecule has 0 aliphatic heterocycles. The van der Waals surface area contributed by atoms with Gasteiger partial charge in [-0.1, -0.05) is 35.3 Å². The van der Waals surface area contributed by atoms with E-state index in [1.807, 2.05) is 6.07 Å². The molecule has 0 radical (unpaired) electrons. The first-order chi connectivity index (χ1) is 12.8. The average molecular weight is 408 g/mol. The number of carbonyl (C=O) groups excluding carboxylic acids is 3. The van der Waals surface area contributed by atoms with Crippen molar-refractivity contribution in [2.75, 3.05) is 6.61 Å². The maximum Gasteiger partial charge on any atom is 0.306 e. The summed E-state index contributed by atoms with van der Waals surface area (Å²) < 4.78 is 4.92. The van der Waals surface area contributed by atoms with E-state index < -0.39 is 18.5 Å². The fourth-order valence-corrected chi connectivity index (χ4v) is 2.68. The van der Waals surface area contributed by atoms with Crippen LogP contribution in [0.3, 0.4) is 0 Å². The quantitative estimate of drug-likeness (QED) is 0.520. The average Bonchev–Trinajstić information content (AvgIpc) is 2.65. The van der Waals surface area contributed by atoms with Crippen molar-refractivity contribution in [3.63, 3.8) is 0 Å². The summed E-state index contributed by atoms with van der Waals surface area (Å²) in [7, 11) is 0. The topological polar surface area (TPSA) is 72.5 Å². The Labute approximate surface area is 167 Å². The zero-order valence-corrected chi connectivity index (χ0v) is 16.2. The highest BCUT2D eigenvalue weighted by Gasteiger charge is 2.14. The van der Waals surface area contributed by atoms with E-state index in [0.29, 0.717) is 15.6 Å². The molecule has 0 aromatic heterocycles. The SMILES string of the molecule is C[C@H](NC(=O)COC(=O)CCC(=O)c1ccc(Cl)cc1)c1cccc(Cl)c1. The van der Waals surface area contributed by atoms with Crippen LogP contribution in [-0.2, 0) is 14.3 Å². The fourth-order valence-electron chi connectivity index (χ4n) is 2.36. The van der Waals surface area contributed by atoms with Crippen molar-refractivity contribution >= 4 is 40.9 Å². The second kappa shape index (κ2) is 10.1. The molecule has 0 heterocycles. The van der Waals surface area contributed by atoms with Crippen molar-refractivity contribution in [2.45, 2.75) is 25.8 Å². The second-order valence-corrected chi connectivity index (χ2v) is 6.81. The summed E-state index contributed by atoms with van der Waals surface area (Å²) in [6, 6.07) is 13.3. The molecule has 0 aliphatic carbocycles. The van der Waals surface area contributed by atoms with Gasteiger partial charge in [0.05, 0.1) is 12.5 Å². The summed E-state index contributed by atoms with van der Waals surface area (Å²) in [5, 5.41) is 3.83. The number of halogens is 2. The van der Waals surface area contributed by atoms with E-state index in [-0.39, 0.29) is 24.7 Å². The molecule has 7 heteroatoms. The van der Waals surface area contributed by atoms with Gasteiger partial charge in [-0.15, -0.1) is 0 Å². The molecule has 0 aliphatic rings. The minimum atomic E-state index is -0.608. The van der Waals surface area contributed by atoms with Gasteiger partial charge in [-0.25, -0.2) is 0 Å². The number of ketones is 1. The lowest BCUT2D eigenvalue weighted by atomic mass is 10.1. The number of nitrogens with one attached hydrogen (secondary N) is 1. The minimum absolute atomic E-state index is 0.000994. The molecule has 1 N–H and O–H groups in total. The normalized spacial score (nSPS) is 11.5. The first kappa shape index (κ1) is 20.9. The third-order valence-corrected chi connectivity index (χ3v) is 4.30. The summed E-state index contributed by atoms with van der Waals surface area (Å²) in [6.45, 7) is 1.40. The largest absolute Gasteiger partial charge is 0.456 e. The molecule has 142 valence electrons. The van der Waals surface area contributed by atoms with Crippen LogP contribution in [0.15, 0.2) is 48.5 Å². The van der Waals surface area contributed by atoms with E-state index >= 15 is 0 Å². The van der Waals surface area contributed by atoms with Crippen molar-refractivity contribution in [2.24, 2.45) is 0 Å². The monoisotopic (exact) mass is 407 g/mol. The number of benzene rings is 2. The summed E-state index contributed by atoms with van der Waals surface area (Å²) >= 11 is 11.7. The van der Waals surface area contributed by atoms with E-state index in [1.54, 1.807) is 49.4 Å². The van der Waals surface area contributed by atoms with Gasteiger partial charge in [-0.05, 0) is 48.9 Å². The van der Waals surface area contributed by atoms with Crippen LogP contribution in [0.1, 0.15) is 41.7 Å². The number of rotatable bonds is 8. The van der Waals surface area contributed by atoms with Gasteiger partial charge < -0.3 is 10.1 Å². The lowest BCUT2D eigenvalue weighted by Gasteiger charge is -2.14. The van der Waals surface area contributed by atoms with Crippen molar-refractivity contribution in [1.82, 2.24) is 5.32 Å². The predicted octanol–water partition coefficient (Wildman–Crippen LogP) is 4.38. The maximum atomic E-state index is 12.0. The van der Waals surface area contributed by atoms with Crippen LogP contribution in [0.2, 0.25) is 10.0 Å². The van der Waals surface area contributed by atoms with Crippen molar-refractivity contribution in [3.05, 3.63) is 69.7 Å². The molecule has 2 aromatic rings. The van der Waals surface area contributed by atoms with Gasteiger partial charge in [0.15, 0.2) is 12.4 Å². The Morgan fingerprint density at radius 1 is 1.00 bits per heavy atom. The Kier molecular flexibility index (Phi) is 7.82. The van der Waals surface area contributed by atoms with Crippen LogP contribution in [0.25, 0.3) is 0 Å².